The molecule has 1 aromatic rings. The Kier molecular flexibility index (Phi) is 5.84. The van der Waals surface area contributed by atoms with Gasteiger partial charge >= 0.3 is 5.97 Å². The molecular weight excluding hydrogens is 232 g/mol. The molecule has 0 spiro atoms. The van der Waals surface area contributed by atoms with E-state index in [2.05, 4.69) is 10.3 Å². The zero-order valence-corrected chi connectivity index (χ0v) is 10.4. The number of hydrogen-bond donors (Lipinski definition) is 2. The molecule has 0 bridgehead atoms. The first-order chi connectivity index (χ1) is 8.61. The van der Waals surface area contributed by atoms with E-state index in [4.69, 9.17) is 5.11 Å². The van der Waals surface area contributed by atoms with Crippen LogP contribution >= 0.6 is 0 Å². The number of rotatable bonds is 7. The average molecular weight is 250 g/mol. The van der Waals surface area contributed by atoms with E-state index in [-0.39, 0.29) is 24.7 Å². The van der Waals surface area contributed by atoms with Gasteiger partial charge in [0, 0.05) is 24.9 Å². The van der Waals surface area contributed by atoms with Crippen LogP contribution in [-0.4, -0.2) is 28.5 Å². The van der Waals surface area contributed by atoms with Crippen molar-refractivity contribution in [2.45, 2.75) is 26.2 Å². The summed E-state index contributed by atoms with van der Waals surface area (Å²) in [7, 11) is 0. The van der Waals surface area contributed by atoms with Crippen molar-refractivity contribution in [2.75, 3.05) is 6.54 Å². The average Bonchev–Trinajstić information content (AvgIpc) is 2.35. The molecule has 0 radical (unpaired) electrons. The van der Waals surface area contributed by atoms with Gasteiger partial charge in [-0.25, -0.2) is 0 Å². The maximum atomic E-state index is 11.6. The number of nitrogens with zero attached hydrogens (tertiary/aromatic N) is 1. The third-order valence-electron chi connectivity index (χ3n) is 2.70. The predicted octanol–water partition coefficient (Wildman–Crippen LogP) is 1.24. The van der Waals surface area contributed by atoms with Crippen LogP contribution in [0.2, 0.25) is 0 Å². The van der Waals surface area contributed by atoms with Crippen LogP contribution in [0.25, 0.3) is 0 Å². The van der Waals surface area contributed by atoms with Crippen molar-refractivity contribution < 1.29 is 14.7 Å². The Morgan fingerprint density at radius 3 is 2.78 bits per heavy atom. The Morgan fingerprint density at radius 2 is 2.22 bits per heavy atom. The Hall–Kier alpha value is -1.91. The zero-order chi connectivity index (χ0) is 13.4. The molecule has 0 saturated heterocycles. The lowest BCUT2D eigenvalue weighted by molar-refractivity contribution is -0.138. The molecule has 0 fully saturated rings. The fourth-order valence-electron chi connectivity index (χ4n) is 1.60. The molecule has 1 atom stereocenters. The highest BCUT2D eigenvalue weighted by Gasteiger charge is 2.12. The number of aliphatic carboxylic acids is 1. The van der Waals surface area contributed by atoms with Crippen LogP contribution in [0.4, 0.5) is 0 Å². The van der Waals surface area contributed by atoms with E-state index in [0.29, 0.717) is 12.2 Å². The van der Waals surface area contributed by atoms with E-state index in [1.54, 1.807) is 18.3 Å². The molecule has 1 aromatic heterocycles. The summed E-state index contributed by atoms with van der Waals surface area (Å²) >= 11 is 0. The number of carbonyl (C=O) groups excluding carboxylic acids is 1. The highest BCUT2D eigenvalue weighted by atomic mass is 16.4. The van der Waals surface area contributed by atoms with Gasteiger partial charge in [0.1, 0.15) is 0 Å². The van der Waals surface area contributed by atoms with Gasteiger partial charge < -0.3 is 10.4 Å². The summed E-state index contributed by atoms with van der Waals surface area (Å²) in [5.41, 5.74) is 0.710. The van der Waals surface area contributed by atoms with Crippen LogP contribution in [0.5, 0.6) is 0 Å². The third kappa shape index (κ3) is 5.43. The van der Waals surface area contributed by atoms with E-state index in [1.807, 2.05) is 13.0 Å². The molecule has 0 aliphatic rings. The normalized spacial score (nSPS) is 11.8. The molecule has 1 rings (SSSR count). The first kappa shape index (κ1) is 14.2. The number of pyridine rings is 1. The number of carboxylic acid groups (broad SMARTS) is 1. The van der Waals surface area contributed by atoms with Crippen LogP contribution in [0.15, 0.2) is 24.4 Å². The standard InChI is InChI=1S/C13H18N2O3/c1-2-10(7-13(17)18)9-15-12(16)8-11-5-3-4-6-14-11/h3-6,10H,2,7-9H2,1H3,(H,15,16)(H,17,18). The van der Waals surface area contributed by atoms with Crippen molar-refractivity contribution >= 4 is 11.9 Å². The lowest BCUT2D eigenvalue weighted by atomic mass is 10.0. The molecule has 0 aliphatic carbocycles. The van der Waals surface area contributed by atoms with Gasteiger partial charge in [-0.1, -0.05) is 19.4 Å². The second kappa shape index (κ2) is 7.42. The van der Waals surface area contributed by atoms with Gasteiger partial charge in [0.15, 0.2) is 0 Å². The molecule has 98 valence electrons. The van der Waals surface area contributed by atoms with Gasteiger partial charge in [0.2, 0.25) is 5.91 Å². The summed E-state index contributed by atoms with van der Waals surface area (Å²) in [4.78, 5) is 26.3. The molecule has 0 aromatic carbocycles. The summed E-state index contributed by atoms with van der Waals surface area (Å²) in [5.74, 6) is -0.978. The Balaban J connectivity index is 2.34. The van der Waals surface area contributed by atoms with Crippen LogP contribution in [-0.2, 0) is 16.0 Å². The number of carbonyl (C=O) groups is 2. The molecule has 0 saturated carbocycles. The van der Waals surface area contributed by atoms with E-state index in [1.165, 1.54) is 0 Å². The molecule has 5 heteroatoms. The van der Waals surface area contributed by atoms with Crippen LogP contribution in [0.3, 0.4) is 0 Å². The summed E-state index contributed by atoms with van der Waals surface area (Å²) in [5, 5.41) is 11.4. The summed E-state index contributed by atoms with van der Waals surface area (Å²) < 4.78 is 0. The topological polar surface area (TPSA) is 79.3 Å². The Morgan fingerprint density at radius 1 is 1.44 bits per heavy atom. The number of carboxylic acids is 1. The number of nitrogens with one attached hydrogen (secondary N) is 1. The van der Waals surface area contributed by atoms with Crippen molar-refractivity contribution in [1.82, 2.24) is 10.3 Å². The maximum Gasteiger partial charge on any atom is 0.303 e. The van der Waals surface area contributed by atoms with Gasteiger partial charge in [-0.2, -0.15) is 0 Å². The molecule has 0 aliphatic heterocycles. The van der Waals surface area contributed by atoms with Crippen LogP contribution in [0, 0.1) is 5.92 Å². The highest BCUT2D eigenvalue weighted by Crippen LogP contribution is 2.06. The molecule has 2 N–H and O–H groups in total. The lowest BCUT2D eigenvalue weighted by Gasteiger charge is -2.13. The monoisotopic (exact) mass is 250 g/mol. The van der Waals surface area contributed by atoms with Gasteiger partial charge in [-0.05, 0) is 18.1 Å². The quantitative estimate of drug-likeness (QED) is 0.763. The SMILES string of the molecule is CCC(CNC(=O)Cc1ccccn1)CC(=O)O. The number of aromatic nitrogens is 1. The first-order valence-corrected chi connectivity index (χ1v) is 6.00. The smallest absolute Gasteiger partial charge is 0.303 e. The summed E-state index contributed by atoms with van der Waals surface area (Å²) in [6.45, 7) is 2.31. The van der Waals surface area contributed by atoms with E-state index >= 15 is 0 Å². The Labute approximate surface area is 106 Å². The minimum atomic E-state index is -0.833. The van der Waals surface area contributed by atoms with E-state index < -0.39 is 5.97 Å². The second-order valence-electron chi connectivity index (χ2n) is 4.17. The fraction of sp³-hybridized carbons (Fsp3) is 0.462. The molecule has 5 nitrogen and oxygen atoms in total. The second-order valence-corrected chi connectivity index (χ2v) is 4.17. The molecular formula is C13H18N2O3. The number of hydrogen-bond acceptors (Lipinski definition) is 3. The van der Waals surface area contributed by atoms with Crippen molar-refractivity contribution in [2.24, 2.45) is 5.92 Å². The van der Waals surface area contributed by atoms with Gasteiger partial charge in [-0.3, -0.25) is 14.6 Å². The van der Waals surface area contributed by atoms with Gasteiger partial charge in [0.25, 0.3) is 0 Å². The van der Waals surface area contributed by atoms with Crippen LogP contribution in [0.1, 0.15) is 25.5 Å². The van der Waals surface area contributed by atoms with Crippen LogP contribution < -0.4 is 5.32 Å². The minimum absolute atomic E-state index is 0.0183. The van der Waals surface area contributed by atoms with Crippen molar-refractivity contribution in [3.63, 3.8) is 0 Å². The lowest BCUT2D eigenvalue weighted by Crippen LogP contribution is -2.31. The summed E-state index contributed by atoms with van der Waals surface area (Å²) in [6, 6.07) is 5.41. The zero-order valence-electron chi connectivity index (χ0n) is 10.4. The fourth-order valence-corrected chi connectivity index (χ4v) is 1.60. The van der Waals surface area contributed by atoms with Crippen molar-refractivity contribution in [3.8, 4) is 0 Å². The number of amides is 1. The van der Waals surface area contributed by atoms with E-state index in [9.17, 15) is 9.59 Å². The van der Waals surface area contributed by atoms with Crippen molar-refractivity contribution in [1.29, 1.82) is 0 Å². The van der Waals surface area contributed by atoms with Gasteiger partial charge in [0.05, 0.1) is 6.42 Å². The molecule has 18 heavy (non-hydrogen) atoms. The van der Waals surface area contributed by atoms with Gasteiger partial charge in [-0.15, -0.1) is 0 Å². The predicted molar refractivity (Wildman–Crippen MR) is 67.0 cm³/mol. The van der Waals surface area contributed by atoms with E-state index in [0.717, 1.165) is 6.42 Å². The Bertz CT molecular complexity index is 392. The minimum Gasteiger partial charge on any atom is -0.481 e. The summed E-state index contributed by atoms with van der Waals surface area (Å²) in [6.07, 6.45) is 2.68. The molecule has 1 amide bonds. The first-order valence-electron chi connectivity index (χ1n) is 6.00. The maximum absolute atomic E-state index is 11.6. The molecule has 1 unspecified atom stereocenters. The molecule has 1 heterocycles. The third-order valence-corrected chi connectivity index (χ3v) is 2.70. The largest absolute Gasteiger partial charge is 0.481 e. The highest BCUT2D eigenvalue weighted by molar-refractivity contribution is 5.78. The van der Waals surface area contributed by atoms with Crippen molar-refractivity contribution in [3.05, 3.63) is 30.1 Å².